The van der Waals surface area contributed by atoms with E-state index in [0.29, 0.717) is 11.1 Å². The lowest BCUT2D eigenvalue weighted by atomic mass is 9.95. The lowest BCUT2D eigenvalue weighted by Gasteiger charge is -2.27. The van der Waals surface area contributed by atoms with E-state index in [1.807, 2.05) is 6.07 Å². The third kappa shape index (κ3) is 9.32. The Morgan fingerprint density at radius 1 is 1.06 bits per heavy atom. The van der Waals surface area contributed by atoms with E-state index in [0.717, 1.165) is 0 Å². The number of rotatable bonds is 17. The fourth-order valence-electron chi connectivity index (χ4n) is 7.02. The van der Waals surface area contributed by atoms with Gasteiger partial charge in [0, 0.05) is 33.4 Å². The van der Waals surface area contributed by atoms with Crippen LogP contribution in [0.4, 0.5) is 11.9 Å². The van der Waals surface area contributed by atoms with Gasteiger partial charge >= 0.3 is 16.1 Å². The average Bonchev–Trinajstić information content (AvgIpc) is 4.02. The summed E-state index contributed by atoms with van der Waals surface area (Å²) in [5, 5.41) is 29.1. The number of aromatic nitrogens is 8. The fraction of sp³-hybridized carbons (Fsp3) is 0.472. The number of hydrogen-bond donors (Lipinski definition) is 5. The minimum absolute atomic E-state index is 0.0421. The molecule has 6 heterocycles. The number of aromatic amines is 1. The molecule has 0 aliphatic carbocycles. The minimum atomic E-state index is -4.76. The summed E-state index contributed by atoms with van der Waals surface area (Å²) < 4.78 is 64.9. The van der Waals surface area contributed by atoms with Gasteiger partial charge in [-0.15, -0.1) is 9.42 Å². The van der Waals surface area contributed by atoms with Crippen LogP contribution < -0.4 is 16.2 Å². The van der Waals surface area contributed by atoms with E-state index in [2.05, 4.69) is 40.7 Å². The van der Waals surface area contributed by atoms with Gasteiger partial charge in [0.2, 0.25) is 17.8 Å². The molecule has 2 amide bonds. The lowest BCUT2D eigenvalue weighted by molar-refractivity contribution is -0.118. The number of nitriles is 1. The van der Waals surface area contributed by atoms with E-state index in [1.165, 1.54) is 27.9 Å². The van der Waals surface area contributed by atoms with Crippen molar-refractivity contribution in [3.63, 3.8) is 0 Å². The number of nitrogens with one attached hydrogen (secondary N) is 3. The smallest absolute Gasteiger partial charge is 0.394 e. The average molecular weight is 899 g/mol. The number of phosphoric acid groups is 1. The van der Waals surface area contributed by atoms with Crippen LogP contribution in [-0.4, -0.2) is 105 Å². The second-order valence-electron chi connectivity index (χ2n) is 14.7. The Hall–Kier alpha value is -5.44. The SMILES string of the molecule is CC(C)C(=O)Nc1nc2c(ncn2C2OC(CO)C(C)C2OP(=O)(OCCC#N)OCC2OC(c3cnn4c(NC(=O)c5ccccc5)ncnc34)C(C)C2O[P+](=O)O)c(=O)[nH]1. The van der Waals surface area contributed by atoms with Gasteiger partial charge in [-0.3, -0.25) is 48.1 Å². The number of hydrogen-bond acceptors (Lipinski definition) is 18. The van der Waals surface area contributed by atoms with Crippen LogP contribution in [0.5, 0.6) is 0 Å². The second-order valence-corrected chi connectivity index (χ2v) is 17.0. The number of imidazole rings is 1. The van der Waals surface area contributed by atoms with E-state index in [9.17, 15) is 38.8 Å². The van der Waals surface area contributed by atoms with E-state index in [4.69, 9.17) is 27.6 Å². The molecule has 328 valence electrons. The topological polar surface area (TPSA) is 319 Å². The molecule has 10 unspecified atom stereocenters. The number of ether oxygens (including phenoxy) is 2. The van der Waals surface area contributed by atoms with Gasteiger partial charge in [-0.05, 0) is 12.1 Å². The molecule has 2 aliphatic rings. The number of amides is 2. The van der Waals surface area contributed by atoms with E-state index < -0.39 is 108 Å². The van der Waals surface area contributed by atoms with Gasteiger partial charge in [-0.1, -0.05) is 45.9 Å². The molecule has 62 heavy (non-hydrogen) atoms. The third-order valence-corrected chi connectivity index (χ3v) is 12.1. The van der Waals surface area contributed by atoms with Gasteiger partial charge in [0.05, 0.1) is 57.0 Å². The molecule has 4 aromatic heterocycles. The van der Waals surface area contributed by atoms with Crippen molar-refractivity contribution in [2.45, 2.75) is 70.9 Å². The van der Waals surface area contributed by atoms with Crippen LogP contribution in [0.3, 0.4) is 0 Å². The van der Waals surface area contributed by atoms with Gasteiger partial charge in [0.15, 0.2) is 23.0 Å². The molecule has 5 aromatic rings. The first-order valence-corrected chi connectivity index (χ1v) is 21.8. The van der Waals surface area contributed by atoms with Crippen molar-refractivity contribution in [2.24, 2.45) is 17.8 Å². The molecular formula is C36H42N11O13P2+. The first kappa shape index (κ1) is 44.6. The summed E-state index contributed by atoms with van der Waals surface area (Å²) in [5.41, 5.74) is 0.163. The van der Waals surface area contributed by atoms with Crippen molar-refractivity contribution in [1.82, 2.24) is 39.1 Å². The summed E-state index contributed by atoms with van der Waals surface area (Å²) in [5.74, 6) is -2.83. The molecule has 1 aromatic carbocycles. The standard InChI is InChI=1S/C36H41N11O13P2/c1-18(2)31(49)43-35-42-30-25(33(51)44-35)40-17-46(30)34-28(19(3)23(14-48)58-34)60-62(54,55-12-8-11-37)56-15-24-27(59-61(52)53)20(4)26(57-24)22-13-41-47-29(22)38-16-39-36(47)45-32(50)21-9-6-5-7-10-21/h5-7,9-10,13,16-20,23-24,26-28,34,48H,8,12,14-15H2,1-4H3,(H3-,38,39,41,42,43,44,45,49,50,51,52,53)/p+1. The first-order valence-electron chi connectivity index (χ1n) is 19.2. The number of phosphoric ester groups is 1. The number of aliphatic hydroxyl groups is 1. The number of H-pyrrole nitrogens is 1. The molecule has 2 aliphatic heterocycles. The highest BCUT2D eigenvalue weighted by molar-refractivity contribution is 7.48. The molecule has 5 N–H and O–H groups in total. The molecule has 0 saturated carbocycles. The van der Waals surface area contributed by atoms with Gasteiger partial charge in [-0.2, -0.15) is 19.9 Å². The summed E-state index contributed by atoms with van der Waals surface area (Å²) in [6.45, 7) is 5.12. The number of fused-ring (bicyclic) bond motifs is 2. The molecular weight excluding hydrogens is 856 g/mol. The van der Waals surface area contributed by atoms with E-state index >= 15 is 0 Å². The minimum Gasteiger partial charge on any atom is -0.394 e. The summed E-state index contributed by atoms with van der Waals surface area (Å²) >= 11 is 0. The van der Waals surface area contributed by atoms with Crippen LogP contribution in [0.2, 0.25) is 0 Å². The van der Waals surface area contributed by atoms with Gasteiger partial charge in [0.1, 0.15) is 24.6 Å². The summed E-state index contributed by atoms with van der Waals surface area (Å²) in [7, 11) is -7.95. The van der Waals surface area contributed by atoms with Crippen LogP contribution in [-0.2, 0) is 41.5 Å². The zero-order valence-corrected chi connectivity index (χ0v) is 35.3. The van der Waals surface area contributed by atoms with Gasteiger partial charge in [-0.25, -0.2) is 19.5 Å². The third-order valence-electron chi connectivity index (χ3n) is 10.3. The predicted molar refractivity (Wildman–Crippen MR) is 213 cm³/mol. The largest absolute Gasteiger partial charge is 0.695 e. The molecule has 10 atom stereocenters. The maximum Gasteiger partial charge on any atom is 0.695 e. The highest BCUT2D eigenvalue weighted by atomic mass is 31.2. The van der Waals surface area contributed by atoms with Gasteiger partial charge in [0.25, 0.3) is 11.5 Å². The number of carbonyl (C=O) groups excluding carboxylic acids is 2. The van der Waals surface area contributed by atoms with E-state index in [1.54, 1.807) is 58.0 Å². The summed E-state index contributed by atoms with van der Waals surface area (Å²) in [6.07, 6.45) is -3.01. The zero-order chi connectivity index (χ0) is 44.3. The lowest BCUT2D eigenvalue weighted by Crippen LogP contribution is -2.32. The maximum absolute atomic E-state index is 14.6. The quantitative estimate of drug-likeness (QED) is 0.0661. The van der Waals surface area contributed by atoms with Crippen LogP contribution in [0.15, 0.2) is 54.0 Å². The fourth-order valence-corrected chi connectivity index (χ4v) is 8.99. The summed E-state index contributed by atoms with van der Waals surface area (Å²) in [4.78, 5) is 67.7. The maximum atomic E-state index is 14.6. The van der Waals surface area contributed by atoms with Crippen LogP contribution >= 0.6 is 16.1 Å². The first-order chi connectivity index (χ1) is 29.7. The number of benzene rings is 1. The highest BCUT2D eigenvalue weighted by Gasteiger charge is 2.52. The Bertz CT molecular complexity index is 2600. The number of anilines is 2. The molecule has 0 bridgehead atoms. The normalized spacial score (nSPS) is 24.9. The molecule has 0 radical (unpaired) electrons. The van der Waals surface area contributed by atoms with Gasteiger partial charge < -0.3 is 14.6 Å². The van der Waals surface area contributed by atoms with Crippen molar-refractivity contribution in [3.8, 4) is 6.07 Å². The molecule has 2 saturated heterocycles. The number of carbonyl (C=O) groups is 2. The molecule has 24 nitrogen and oxygen atoms in total. The van der Waals surface area contributed by atoms with Crippen molar-refractivity contribution in [2.75, 3.05) is 30.5 Å². The number of aliphatic hydroxyl groups excluding tert-OH is 1. The molecule has 2 fully saturated rings. The Morgan fingerprint density at radius 3 is 2.55 bits per heavy atom. The van der Waals surface area contributed by atoms with Crippen molar-refractivity contribution in [1.29, 1.82) is 5.26 Å². The number of nitrogens with zero attached hydrogens (tertiary/aromatic N) is 8. The predicted octanol–water partition coefficient (Wildman–Crippen LogP) is 3.18. The highest BCUT2D eigenvalue weighted by Crippen LogP contribution is 2.56. The molecule has 7 rings (SSSR count). The van der Waals surface area contributed by atoms with Crippen LogP contribution in [0.25, 0.3) is 16.8 Å². The Balaban J connectivity index is 1.15. The molecule has 0 spiro atoms. The molecule has 26 heteroatoms. The summed E-state index contributed by atoms with van der Waals surface area (Å²) in [6, 6.07) is 10.3. The van der Waals surface area contributed by atoms with Crippen LogP contribution in [0.1, 0.15) is 62.4 Å². The van der Waals surface area contributed by atoms with Crippen molar-refractivity contribution in [3.05, 3.63) is 70.7 Å². The van der Waals surface area contributed by atoms with Crippen molar-refractivity contribution >= 4 is 56.6 Å². The monoisotopic (exact) mass is 898 g/mol. The Labute approximate surface area is 352 Å². The van der Waals surface area contributed by atoms with Crippen molar-refractivity contribution < 1.29 is 56.3 Å². The zero-order valence-electron chi connectivity index (χ0n) is 33.5. The van der Waals surface area contributed by atoms with E-state index in [-0.39, 0.29) is 35.1 Å². The van der Waals surface area contributed by atoms with Crippen LogP contribution in [0, 0.1) is 29.1 Å². The Kier molecular flexibility index (Phi) is 13.6. The second kappa shape index (κ2) is 18.9. The Morgan fingerprint density at radius 2 is 1.84 bits per heavy atom.